The number of hydrogen-bond acceptors (Lipinski definition) is 3. The molecular formula is C14H28N2O. The molecule has 0 radical (unpaired) electrons. The molecule has 2 saturated heterocycles. The van der Waals surface area contributed by atoms with Crippen LogP contribution in [0.1, 0.15) is 39.5 Å². The van der Waals surface area contributed by atoms with Crippen molar-refractivity contribution in [1.29, 1.82) is 0 Å². The molecular weight excluding hydrogens is 212 g/mol. The van der Waals surface area contributed by atoms with Crippen LogP contribution < -0.4 is 5.32 Å². The van der Waals surface area contributed by atoms with Crippen LogP contribution in [-0.2, 0) is 4.74 Å². The van der Waals surface area contributed by atoms with E-state index in [-0.39, 0.29) is 0 Å². The molecule has 0 amide bonds. The first kappa shape index (κ1) is 13.3. The molecule has 2 fully saturated rings. The normalized spacial score (nSPS) is 30.0. The number of nitrogens with one attached hydrogen (secondary N) is 1. The lowest BCUT2D eigenvalue weighted by atomic mass is 9.95. The Morgan fingerprint density at radius 2 is 2.00 bits per heavy atom. The van der Waals surface area contributed by atoms with Gasteiger partial charge >= 0.3 is 0 Å². The molecule has 0 spiro atoms. The smallest absolute Gasteiger partial charge is 0.0468 e. The number of likely N-dealkylation sites (N-methyl/N-ethyl adjacent to an activating group) is 1. The lowest BCUT2D eigenvalue weighted by molar-refractivity contribution is 0.0596. The molecule has 1 N–H and O–H groups in total. The Kier molecular flexibility index (Phi) is 4.45. The summed E-state index contributed by atoms with van der Waals surface area (Å²) in [7, 11) is 2.28. The SMILES string of the molecule is CN(CCC1CCOCC1)C1CNC(C)(C)C1. The monoisotopic (exact) mass is 240 g/mol. The molecule has 2 heterocycles. The lowest BCUT2D eigenvalue weighted by Crippen LogP contribution is -2.35. The fourth-order valence-electron chi connectivity index (χ4n) is 3.04. The van der Waals surface area contributed by atoms with E-state index in [0.29, 0.717) is 5.54 Å². The van der Waals surface area contributed by atoms with E-state index in [4.69, 9.17) is 4.74 Å². The quantitative estimate of drug-likeness (QED) is 0.812. The van der Waals surface area contributed by atoms with E-state index in [1.165, 1.54) is 32.2 Å². The van der Waals surface area contributed by atoms with Crippen molar-refractivity contribution in [1.82, 2.24) is 10.2 Å². The molecule has 2 aliphatic heterocycles. The zero-order valence-electron chi connectivity index (χ0n) is 11.7. The minimum Gasteiger partial charge on any atom is -0.381 e. The Bertz CT molecular complexity index is 236. The van der Waals surface area contributed by atoms with Crippen molar-refractivity contribution in [3.8, 4) is 0 Å². The van der Waals surface area contributed by atoms with E-state index in [9.17, 15) is 0 Å². The number of nitrogens with zero attached hydrogens (tertiary/aromatic N) is 1. The third kappa shape index (κ3) is 3.94. The molecule has 3 heteroatoms. The van der Waals surface area contributed by atoms with Crippen LogP contribution in [0.25, 0.3) is 0 Å². The Hall–Kier alpha value is -0.120. The predicted molar refractivity (Wildman–Crippen MR) is 71.3 cm³/mol. The summed E-state index contributed by atoms with van der Waals surface area (Å²) in [5, 5.41) is 3.60. The summed E-state index contributed by atoms with van der Waals surface area (Å²) in [4.78, 5) is 2.55. The summed E-state index contributed by atoms with van der Waals surface area (Å²) in [5.41, 5.74) is 0.331. The Balaban J connectivity index is 1.68. The van der Waals surface area contributed by atoms with Crippen LogP contribution in [0.5, 0.6) is 0 Å². The molecule has 3 nitrogen and oxygen atoms in total. The average Bonchev–Trinajstić information content (AvgIpc) is 2.68. The van der Waals surface area contributed by atoms with Gasteiger partial charge in [0.1, 0.15) is 0 Å². The van der Waals surface area contributed by atoms with Crippen LogP contribution in [0.2, 0.25) is 0 Å². The minimum absolute atomic E-state index is 0.331. The second kappa shape index (κ2) is 5.68. The van der Waals surface area contributed by atoms with E-state index >= 15 is 0 Å². The summed E-state index contributed by atoms with van der Waals surface area (Å²) in [5.74, 6) is 0.897. The van der Waals surface area contributed by atoms with Gasteiger partial charge in [-0.15, -0.1) is 0 Å². The van der Waals surface area contributed by atoms with Gasteiger partial charge in [0.15, 0.2) is 0 Å². The van der Waals surface area contributed by atoms with E-state index in [2.05, 4.69) is 31.1 Å². The van der Waals surface area contributed by atoms with Gasteiger partial charge in [0.05, 0.1) is 0 Å². The van der Waals surface area contributed by atoms with Crippen LogP contribution in [0.4, 0.5) is 0 Å². The highest BCUT2D eigenvalue weighted by atomic mass is 16.5. The molecule has 100 valence electrons. The zero-order valence-corrected chi connectivity index (χ0v) is 11.7. The van der Waals surface area contributed by atoms with Crippen LogP contribution in [0, 0.1) is 5.92 Å². The summed E-state index contributed by atoms with van der Waals surface area (Å²) >= 11 is 0. The molecule has 2 rings (SSSR count). The van der Waals surface area contributed by atoms with Gasteiger partial charge in [-0.3, -0.25) is 0 Å². The molecule has 0 aliphatic carbocycles. The highest BCUT2D eigenvalue weighted by molar-refractivity contribution is 4.93. The van der Waals surface area contributed by atoms with Gasteiger partial charge in [-0.25, -0.2) is 0 Å². The Labute approximate surface area is 106 Å². The molecule has 0 saturated carbocycles. The second-order valence-corrected chi connectivity index (χ2v) is 6.45. The maximum Gasteiger partial charge on any atom is 0.0468 e. The highest BCUT2D eigenvalue weighted by Crippen LogP contribution is 2.23. The van der Waals surface area contributed by atoms with Crippen LogP contribution in [-0.4, -0.2) is 49.8 Å². The zero-order chi connectivity index (χ0) is 12.3. The standard InChI is InChI=1S/C14H28N2O/c1-14(2)10-13(11-15-14)16(3)7-4-12-5-8-17-9-6-12/h12-13,15H,4-11H2,1-3H3. The average molecular weight is 240 g/mol. The van der Waals surface area contributed by atoms with Crippen LogP contribution in [0.15, 0.2) is 0 Å². The van der Waals surface area contributed by atoms with Crippen molar-refractivity contribution in [3.05, 3.63) is 0 Å². The van der Waals surface area contributed by atoms with Crippen molar-refractivity contribution in [2.45, 2.75) is 51.1 Å². The van der Waals surface area contributed by atoms with Gasteiger partial charge in [0.2, 0.25) is 0 Å². The molecule has 0 aromatic carbocycles. The van der Waals surface area contributed by atoms with Crippen molar-refractivity contribution < 1.29 is 4.74 Å². The third-order valence-electron chi connectivity index (χ3n) is 4.42. The van der Waals surface area contributed by atoms with Gasteiger partial charge in [0.25, 0.3) is 0 Å². The molecule has 0 aromatic rings. The molecule has 17 heavy (non-hydrogen) atoms. The molecule has 0 aromatic heterocycles. The summed E-state index contributed by atoms with van der Waals surface area (Å²) in [6.45, 7) is 8.96. The van der Waals surface area contributed by atoms with Gasteiger partial charge in [-0.05, 0) is 59.0 Å². The highest BCUT2D eigenvalue weighted by Gasteiger charge is 2.32. The van der Waals surface area contributed by atoms with E-state index in [0.717, 1.165) is 31.7 Å². The second-order valence-electron chi connectivity index (χ2n) is 6.45. The van der Waals surface area contributed by atoms with E-state index in [1.54, 1.807) is 0 Å². The summed E-state index contributed by atoms with van der Waals surface area (Å²) in [6, 6.07) is 0.727. The van der Waals surface area contributed by atoms with Gasteiger partial charge < -0.3 is 15.0 Å². The third-order valence-corrected chi connectivity index (χ3v) is 4.42. The van der Waals surface area contributed by atoms with Gasteiger partial charge in [-0.1, -0.05) is 0 Å². The van der Waals surface area contributed by atoms with Gasteiger partial charge in [-0.2, -0.15) is 0 Å². The first-order valence-corrected chi connectivity index (χ1v) is 7.10. The summed E-state index contributed by atoms with van der Waals surface area (Å²) in [6.07, 6.45) is 5.15. The van der Waals surface area contributed by atoms with Crippen molar-refractivity contribution in [3.63, 3.8) is 0 Å². The fourth-order valence-corrected chi connectivity index (χ4v) is 3.04. The molecule has 2 aliphatic rings. The predicted octanol–water partition coefficient (Wildman–Crippen LogP) is 1.88. The maximum atomic E-state index is 5.41. The minimum atomic E-state index is 0.331. The van der Waals surface area contributed by atoms with Crippen LogP contribution >= 0.6 is 0 Å². The number of rotatable bonds is 4. The Morgan fingerprint density at radius 1 is 1.29 bits per heavy atom. The van der Waals surface area contributed by atoms with E-state index in [1.807, 2.05) is 0 Å². The topological polar surface area (TPSA) is 24.5 Å². The van der Waals surface area contributed by atoms with Crippen molar-refractivity contribution in [2.24, 2.45) is 5.92 Å². The Morgan fingerprint density at radius 3 is 2.59 bits per heavy atom. The molecule has 1 atom stereocenters. The van der Waals surface area contributed by atoms with Gasteiger partial charge in [0, 0.05) is 31.3 Å². The molecule has 1 unspecified atom stereocenters. The first-order chi connectivity index (χ1) is 8.07. The summed E-state index contributed by atoms with van der Waals surface area (Å²) < 4.78 is 5.41. The van der Waals surface area contributed by atoms with Crippen LogP contribution in [0.3, 0.4) is 0 Å². The van der Waals surface area contributed by atoms with Crippen molar-refractivity contribution in [2.75, 3.05) is 33.4 Å². The fraction of sp³-hybridized carbons (Fsp3) is 1.00. The lowest BCUT2D eigenvalue weighted by Gasteiger charge is -2.28. The van der Waals surface area contributed by atoms with Crippen molar-refractivity contribution >= 4 is 0 Å². The molecule has 0 bridgehead atoms. The number of ether oxygens (including phenoxy) is 1. The number of hydrogen-bond donors (Lipinski definition) is 1. The van der Waals surface area contributed by atoms with E-state index < -0.39 is 0 Å². The first-order valence-electron chi connectivity index (χ1n) is 7.10. The largest absolute Gasteiger partial charge is 0.381 e. The maximum absolute atomic E-state index is 5.41.